The Balaban J connectivity index is 1.17. The number of phenolic OH excluding ortho intramolecular Hbond substituents is 1. The first kappa shape index (κ1) is 25.5. The summed E-state index contributed by atoms with van der Waals surface area (Å²) < 4.78 is 15.6. The number of piperidine rings is 1. The van der Waals surface area contributed by atoms with Gasteiger partial charge in [0.05, 0.1) is 23.1 Å². The summed E-state index contributed by atoms with van der Waals surface area (Å²) in [4.78, 5) is 42.2. The molecular formula is C30H26FN9O3. The van der Waals surface area contributed by atoms with E-state index in [2.05, 4.69) is 30.6 Å². The first-order valence-electron chi connectivity index (χ1n) is 14.3. The molecule has 2 fully saturated rings. The number of aromatic hydroxyl groups is 1. The van der Waals surface area contributed by atoms with Crippen LogP contribution in [0.3, 0.4) is 0 Å². The number of amides is 1. The van der Waals surface area contributed by atoms with E-state index in [0.29, 0.717) is 54.1 Å². The van der Waals surface area contributed by atoms with Crippen molar-refractivity contribution in [1.82, 2.24) is 39.7 Å². The standard InChI is InChI=1S/C30H26FN9O3/c31-21-11-15(2-6-23(21)41)22-5-1-16(12-33-22)20-13-36-40-28(20)37-26(25-24(42)7-8-32-29(25)40)17-9-18-3-4-19(10-17)39(18)30(43)27-34-14-35-38-27/h1-2,5-6,11-14,17-19,32,41H,3-4,7-10H2,(H,34,35,38). The van der Waals surface area contributed by atoms with Crippen LogP contribution in [0.25, 0.3) is 28.0 Å². The SMILES string of the molecule is O=C1CCNc2c1c(C1CC3CCC(C1)N3C(=O)c1ncn[nH]1)nc1c(-c3ccc(-c4ccc(O)c(F)c4)nc3)cnn21. The molecule has 216 valence electrons. The Morgan fingerprint density at radius 1 is 1.05 bits per heavy atom. The molecule has 2 bridgehead atoms. The van der Waals surface area contributed by atoms with Gasteiger partial charge in [-0.05, 0) is 49.9 Å². The molecule has 8 rings (SSSR count). The van der Waals surface area contributed by atoms with Crippen molar-refractivity contribution < 1.29 is 19.1 Å². The smallest absolute Gasteiger partial charge is 0.291 e. The van der Waals surface area contributed by atoms with E-state index >= 15 is 0 Å². The molecule has 5 aromatic rings. The molecule has 43 heavy (non-hydrogen) atoms. The number of fused-ring (bicyclic) bond motifs is 5. The Bertz CT molecular complexity index is 1890. The van der Waals surface area contributed by atoms with E-state index in [9.17, 15) is 19.1 Å². The Labute approximate surface area is 244 Å². The second-order valence-corrected chi connectivity index (χ2v) is 11.3. The quantitative estimate of drug-likeness (QED) is 0.287. The monoisotopic (exact) mass is 579 g/mol. The molecule has 12 nitrogen and oxygen atoms in total. The number of phenols is 1. The number of benzene rings is 1. The van der Waals surface area contributed by atoms with E-state index in [1.165, 1.54) is 18.5 Å². The molecular weight excluding hydrogens is 553 g/mol. The van der Waals surface area contributed by atoms with Gasteiger partial charge < -0.3 is 15.3 Å². The van der Waals surface area contributed by atoms with Crippen LogP contribution in [-0.4, -0.2) is 75.1 Å². The summed E-state index contributed by atoms with van der Waals surface area (Å²) in [5.74, 6) is -0.359. The van der Waals surface area contributed by atoms with Crippen molar-refractivity contribution in [2.24, 2.45) is 0 Å². The number of Topliss-reactive ketones (excluding diaryl/α,β-unsaturated/α-hetero) is 1. The Kier molecular flexibility index (Phi) is 5.74. The lowest BCUT2D eigenvalue weighted by Gasteiger charge is -2.39. The third-order valence-corrected chi connectivity index (χ3v) is 8.89. The molecule has 13 heteroatoms. The molecule has 0 radical (unpaired) electrons. The van der Waals surface area contributed by atoms with Gasteiger partial charge in [-0.1, -0.05) is 6.07 Å². The number of hydrogen-bond acceptors (Lipinski definition) is 9. The Morgan fingerprint density at radius 2 is 1.86 bits per heavy atom. The van der Waals surface area contributed by atoms with Gasteiger partial charge in [0, 0.05) is 53.9 Å². The Hall–Kier alpha value is -5.20. The highest BCUT2D eigenvalue weighted by molar-refractivity contribution is 6.04. The van der Waals surface area contributed by atoms with Crippen LogP contribution >= 0.6 is 0 Å². The van der Waals surface area contributed by atoms with Gasteiger partial charge in [-0.2, -0.15) is 14.7 Å². The number of anilines is 1. The van der Waals surface area contributed by atoms with Gasteiger partial charge in [0.1, 0.15) is 12.1 Å². The van der Waals surface area contributed by atoms with Gasteiger partial charge >= 0.3 is 0 Å². The van der Waals surface area contributed by atoms with Crippen molar-refractivity contribution >= 4 is 23.2 Å². The lowest BCUT2D eigenvalue weighted by atomic mass is 9.84. The molecule has 4 aromatic heterocycles. The van der Waals surface area contributed by atoms with Crippen LogP contribution in [0, 0.1) is 5.82 Å². The number of ketones is 1. The fourth-order valence-electron chi connectivity index (χ4n) is 6.92. The second kappa shape index (κ2) is 9.68. The largest absolute Gasteiger partial charge is 0.505 e. The van der Waals surface area contributed by atoms with E-state index in [4.69, 9.17) is 4.98 Å². The average molecular weight is 580 g/mol. The third-order valence-electron chi connectivity index (χ3n) is 8.89. The summed E-state index contributed by atoms with van der Waals surface area (Å²) in [6, 6.07) is 7.85. The topological polar surface area (TPSA) is 154 Å². The minimum absolute atomic E-state index is 0.00785. The summed E-state index contributed by atoms with van der Waals surface area (Å²) in [7, 11) is 0. The van der Waals surface area contributed by atoms with Crippen molar-refractivity contribution in [1.29, 1.82) is 0 Å². The molecule has 1 amide bonds. The first-order chi connectivity index (χ1) is 21.0. The summed E-state index contributed by atoms with van der Waals surface area (Å²) in [5, 5.41) is 24.0. The van der Waals surface area contributed by atoms with E-state index in [0.717, 1.165) is 29.7 Å². The maximum absolute atomic E-state index is 13.9. The molecule has 1 aromatic carbocycles. The molecule has 3 aliphatic rings. The van der Waals surface area contributed by atoms with Crippen molar-refractivity contribution in [2.75, 3.05) is 11.9 Å². The number of nitrogens with zero attached hydrogens (tertiary/aromatic N) is 7. The summed E-state index contributed by atoms with van der Waals surface area (Å²) in [6.07, 6.45) is 8.28. The number of rotatable bonds is 4. The maximum atomic E-state index is 13.9. The number of aromatic nitrogens is 7. The lowest BCUT2D eigenvalue weighted by molar-refractivity contribution is 0.0556. The zero-order valence-electron chi connectivity index (χ0n) is 22.9. The summed E-state index contributed by atoms with van der Waals surface area (Å²) >= 11 is 0. The van der Waals surface area contributed by atoms with Crippen molar-refractivity contribution in [3.05, 3.63) is 72.0 Å². The van der Waals surface area contributed by atoms with E-state index in [1.54, 1.807) is 29.0 Å². The number of halogens is 1. The molecule has 3 N–H and O–H groups in total. The van der Waals surface area contributed by atoms with Crippen LogP contribution in [0.2, 0.25) is 0 Å². The van der Waals surface area contributed by atoms with Gasteiger partial charge in [-0.15, -0.1) is 0 Å². The predicted octanol–water partition coefficient (Wildman–Crippen LogP) is 3.97. The number of H-pyrrole nitrogens is 1. The molecule has 3 aliphatic heterocycles. The van der Waals surface area contributed by atoms with E-state index in [-0.39, 0.29) is 35.5 Å². The van der Waals surface area contributed by atoms with Crippen LogP contribution in [-0.2, 0) is 0 Å². The molecule has 2 atom stereocenters. The number of carbonyl (C=O) groups is 2. The molecule has 0 spiro atoms. The fraction of sp³-hybridized carbons (Fsp3) is 0.300. The summed E-state index contributed by atoms with van der Waals surface area (Å²) in [6.45, 7) is 0.508. The second-order valence-electron chi connectivity index (χ2n) is 11.3. The van der Waals surface area contributed by atoms with Crippen LogP contribution < -0.4 is 5.32 Å². The van der Waals surface area contributed by atoms with Crippen LogP contribution in [0.15, 0.2) is 49.1 Å². The van der Waals surface area contributed by atoms with Crippen LogP contribution in [0.1, 0.15) is 64.7 Å². The average Bonchev–Trinajstić information content (AvgIpc) is 3.77. The maximum Gasteiger partial charge on any atom is 0.291 e. The van der Waals surface area contributed by atoms with Crippen molar-refractivity contribution in [2.45, 2.75) is 50.1 Å². The minimum Gasteiger partial charge on any atom is -0.505 e. The number of pyridine rings is 1. The minimum atomic E-state index is -0.712. The van der Waals surface area contributed by atoms with Gasteiger partial charge in [0.15, 0.2) is 23.0 Å². The molecule has 0 saturated carbocycles. The van der Waals surface area contributed by atoms with Crippen molar-refractivity contribution in [3.8, 4) is 28.1 Å². The van der Waals surface area contributed by atoms with Crippen LogP contribution in [0.4, 0.5) is 10.2 Å². The normalized spacial score (nSPS) is 21.2. The first-order valence-corrected chi connectivity index (χ1v) is 14.3. The third kappa shape index (κ3) is 4.06. The van der Waals surface area contributed by atoms with Gasteiger partial charge in [0.25, 0.3) is 5.91 Å². The lowest BCUT2D eigenvalue weighted by Crippen LogP contribution is -2.46. The van der Waals surface area contributed by atoms with Crippen molar-refractivity contribution in [3.63, 3.8) is 0 Å². The molecule has 0 aliphatic carbocycles. The highest BCUT2D eigenvalue weighted by Crippen LogP contribution is 2.45. The zero-order valence-corrected chi connectivity index (χ0v) is 22.9. The zero-order chi connectivity index (χ0) is 29.2. The highest BCUT2D eigenvalue weighted by atomic mass is 19.1. The number of carbonyl (C=O) groups excluding carboxylic acids is 2. The van der Waals surface area contributed by atoms with E-state index in [1.807, 2.05) is 11.0 Å². The molecule has 2 unspecified atom stereocenters. The number of hydrogen-bond donors (Lipinski definition) is 3. The van der Waals surface area contributed by atoms with Crippen LogP contribution in [0.5, 0.6) is 5.75 Å². The Morgan fingerprint density at radius 3 is 2.58 bits per heavy atom. The van der Waals surface area contributed by atoms with Gasteiger partial charge in [0.2, 0.25) is 5.82 Å². The van der Waals surface area contributed by atoms with E-state index < -0.39 is 11.6 Å². The molecule has 7 heterocycles. The fourth-order valence-corrected chi connectivity index (χ4v) is 6.92. The van der Waals surface area contributed by atoms with Gasteiger partial charge in [-0.25, -0.2) is 14.4 Å². The number of nitrogens with one attached hydrogen (secondary N) is 2. The summed E-state index contributed by atoms with van der Waals surface area (Å²) in [5.41, 5.74) is 4.55. The molecule has 2 saturated heterocycles. The number of aromatic amines is 1. The highest BCUT2D eigenvalue weighted by Gasteiger charge is 2.46. The van der Waals surface area contributed by atoms with Gasteiger partial charge in [-0.3, -0.25) is 19.7 Å². The predicted molar refractivity (Wildman–Crippen MR) is 152 cm³/mol.